The highest BCUT2D eigenvalue weighted by Crippen LogP contribution is 2.16. The molecule has 0 saturated carbocycles. The first-order valence-electron chi connectivity index (χ1n) is 4.39. The number of alkyl halides is 3. The first kappa shape index (κ1) is 12.8. The molecule has 0 aliphatic rings. The standard InChI is InChI=1S/C9H10F3NO2S/c1-6-2-3-16-7(6)4-13-8(14)15-5-9(10,11)12/h2-3H,4-5H2,1H3,(H,13,14). The fourth-order valence-corrected chi connectivity index (χ4v) is 1.78. The zero-order chi connectivity index (χ0) is 12.2. The Morgan fingerprint density at radius 1 is 1.56 bits per heavy atom. The molecule has 0 fully saturated rings. The van der Waals surface area contributed by atoms with Gasteiger partial charge in [0.05, 0.1) is 6.54 Å². The highest BCUT2D eigenvalue weighted by atomic mass is 32.1. The van der Waals surface area contributed by atoms with Crippen molar-refractivity contribution in [1.29, 1.82) is 0 Å². The van der Waals surface area contributed by atoms with Crippen molar-refractivity contribution in [2.75, 3.05) is 6.61 Å². The molecule has 3 nitrogen and oxygen atoms in total. The molecule has 16 heavy (non-hydrogen) atoms. The first-order valence-corrected chi connectivity index (χ1v) is 5.27. The molecule has 1 amide bonds. The summed E-state index contributed by atoms with van der Waals surface area (Å²) in [6.45, 7) is 0.469. The molecule has 0 bridgehead atoms. The van der Waals surface area contributed by atoms with E-state index in [9.17, 15) is 18.0 Å². The molecular formula is C9H10F3NO2S. The number of ether oxygens (including phenoxy) is 1. The minimum absolute atomic E-state index is 0.181. The van der Waals surface area contributed by atoms with Crippen LogP contribution < -0.4 is 5.32 Å². The average Bonchev–Trinajstić information content (AvgIpc) is 2.57. The van der Waals surface area contributed by atoms with Crippen LogP contribution in [0.25, 0.3) is 0 Å². The van der Waals surface area contributed by atoms with Crippen LogP contribution in [0.5, 0.6) is 0 Å². The molecule has 0 radical (unpaired) electrons. The minimum Gasteiger partial charge on any atom is -0.440 e. The second-order valence-electron chi connectivity index (χ2n) is 3.07. The summed E-state index contributed by atoms with van der Waals surface area (Å²) in [5, 5.41) is 4.09. The highest BCUT2D eigenvalue weighted by Gasteiger charge is 2.29. The number of hydrogen-bond donors (Lipinski definition) is 1. The number of rotatable bonds is 3. The molecule has 0 aliphatic heterocycles. The maximum atomic E-state index is 11.7. The van der Waals surface area contributed by atoms with Gasteiger partial charge in [-0.2, -0.15) is 13.2 Å². The van der Waals surface area contributed by atoms with Crippen molar-refractivity contribution in [2.24, 2.45) is 0 Å². The number of aryl methyl sites for hydroxylation is 1. The summed E-state index contributed by atoms with van der Waals surface area (Å²) in [6.07, 6.45) is -5.55. The average molecular weight is 253 g/mol. The van der Waals surface area contributed by atoms with Gasteiger partial charge in [-0.1, -0.05) is 0 Å². The fourth-order valence-electron chi connectivity index (χ4n) is 0.936. The van der Waals surface area contributed by atoms with Crippen LogP contribution in [0.1, 0.15) is 10.4 Å². The Balaban J connectivity index is 2.29. The van der Waals surface area contributed by atoms with Gasteiger partial charge in [0.2, 0.25) is 0 Å². The summed E-state index contributed by atoms with van der Waals surface area (Å²) >= 11 is 1.42. The van der Waals surface area contributed by atoms with Crippen LogP contribution in [0.3, 0.4) is 0 Å². The lowest BCUT2D eigenvalue weighted by molar-refractivity contribution is -0.160. The third-order valence-corrected chi connectivity index (χ3v) is 2.75. The maximum absolute atomic E-state index is 11.7. The molecule has 0 aliphatic carbocycles. The topological polar surface area (TPSA) is 38.3 Å². The number of halogens is 3. The van der Waals surface area contributed by atoms with Gasteiger partial charge in [-0.15, -0.1) is 11.3 Å². The van der Waals surface area contributed by atoms with Gasteiger partial charge in [0.1, 0.15) is 0 Å². The van der Waals surface area contributed by atoms with E-state index in [-0.39, 0.29) is 6.54 Å². The van der Waals surface area contributed by atoms with Crippen molar-refractivity contribution < 1.29 is 22.7 Å². The van der Waals surface area contributed by atoms with Gasteiger partial charge in [-0.05, 0) is 23.9 Å². The molecule has 0 saturated heterocycles. The van der Waals surface area contributed by atoms with Crippen molar-refractivity contribution in [3.63, 3.8) is 0 Å². The van der Waals surface area contributed by atoms with Crippen LogP contribution in [0, 0.1) is 6.92 Å². The van der Waals surface area contributed by atoms with E-state index in [0.717, 1.165) is 10.4 Å². The summed E-state index contributed by atoms with van der Waals surface area (Å²) in [7, 11) is 0. The highest BCUT2D eigenvalue weighted by molar-refractivity contribution is 7.10. The zero-order valence-electron chi connectivity index (χ0n) is 8.43. The summed E-state index contributed by atoms with van der Waals surface area (Å²) in [5.41, 5.74) is 0.987. The lowest BCUT2D eigenvalue weighted by Crippen LogP contribution is -2.28. The molecule has 90 valence electrons. The van der Waals surface area contributed by atoms with E-state index >= 15 is 0 Å². The Morgan fingerprint density at radius 2 is 2.25 bits per heavy atom. The van der Waals surface area contributed by atoms with Crippen molar-refractivity contribution in [2.45, 2.75) is 19.6 Å². The van der Waals surface area contributed by atoms with E-state index < -0.39 is 18.9 Å². The van der Waals surface area contributed by atoms with Crippen molar-refractivity contribution in [1.82, 2.24) is 5.32 Å². The number of thiophene rings is 1. The van der Waals surface area contributed by atoms with Crippen LogP contribution in [0.2, 0.25) is 0 Å². The predicted molar refractivity (Wildman–Crippen MR) is 53.3 cm³/mol. The van der Waals surface area contributed by atoms with Crippen LogP contribution >= 0.6 is 11.3 Å². The molecule has 0 unspecified atom stereocenters. The Labute approximate surface area is 94.2 Å². The number of carbonyl (C=O) groups excluding carboxylic acids is 1. The zero-order valence-corrected chi connectivity index (χ0v) is 9.24. The van der Waals surface area contributed by atoms with Gasteiger partial charge in [0.25, 0.3) is 0 Å². The molecule has 1 heterocycles. The summed E-state index contributed by atoms with van der Waals surface area (Å²) in [6, 6.07) is 1.86. The van der Waals surface area contributed by atoms with E-state index in [0.29, 0.717) is 0 Å². The third kappa shape index (κ3) is 4.52. The third-order valence-electron chi connectivity index (χ3n) is 1.73. The smallest absolute Gasteiger partial charge is 0.422 e. The van der Waals surface area contributed by atoms with Crippen molar-refractivity contribution in [3.05, 3.63) is 21.9 Å². The second-order valence-corrected chi connectivity index (χ2v) is 4.07. The first-order chi connectivity index (χ1) is 7.38. The quantitative estimate of drug-likeness (QED) is 0.899. The van der Waals surface area contributed by atoms with Crippen LogP contribution in [0.4, 0.5) is 18.0 Å². The Bertz CT molecular complexity index is 362. The van der Waals surface area contributed by atoms with E-state index in [2.05, 4.69) is 10.1 Å². The van der Waals surface area contributed by atoms with Crippen molar-refractivity contribution in [3.8, 4) is 0 Å². The minimum atomic E-state index is -4.49. The number of alkyl carbamates (subject to hydrolysis) is 1. The van der Waals surface area contributed by atoms with Crippen LogP contribution in [-0.4, -0.2) is 18.9 Å². The molecular weight excluding hydrogens is 243 g/mol. The van der Waals surface area contributed by atoms with Crippen LogP contribution in [0.15, 0.2) is 11.4 Å². The molecule has 1 aromatic heterocycles. The van der Waals surface area contributed by atoms with E-state index in [1.807, 2.05) is 18.4 Å². The number of nitrogens with one attached hydrogen (secondary N) is 1. The van der Waals surface area contributed by atoms with E-state index in [1.54, 1.807) is 0 Å². The Kier molecular flexibility index (Phi) is 4.17. The number of amides is 1. The summed E-state index contributed by atoms with van der Waals surface area (Å²) in [4.78, 5) is 11.8. The van der Waals surface area contributed by atoms with E-state index in [4.69, 9.17) is 0 Å². The molecule has 1 rings (SSSR count). The fraction of sp³-hybridized carbons (Fsp3) is 0.444. The molecule has 0 spiro atoms. The Hall–Kier alpha value is -1.24. The summed E-state index contributed by atoms with van der Waals surface area (Å²) in [5.74, 6) is 0. The molecule has 0 atom stereocenters. The Morgan fingerprint density at radius 3 is 2.75 bits per heavy atom. The second kappa shape index (κ2) is 5.20. The molecule has 7 heteroatoms. The SMILES string of the molecule is Cc1ccsc1CNC(=O)OCC(F)(F)F. The van der Waals surface area contributed by atoms with Gasteiger partial charge in [-0.3, -0.25) is 0 Å². The maximum Gasteiger partial charge on any atom is 0.422 e. The van der Waals surface area contributed by atoms with Gasteiger partial charge in [0.15, 0.2) is 6.61 Å². The lowest BCUT2D eigenvalue weighted by Gasteiger charge is -2.08. The monoisotopic (exact) mass is 253 g/mol. The molecule has 1 N–H and O–H groups in total. The number of carbonyl (C=O) groups is 1. The van der Waals surface area contributed by atoms with Gasteiger partial charge in [0, 0.05) is 4.88 Å². The van der Waals surface area contributed by atoms with E-state index in [1.165, 1.54) is 11.3 Å². The summed E-state index contributed by atoms with van der Waals surface area (Å²) < 4.78 is 39.0. The normalized spacial score (nSPS) is 11.2. The largest absolute Gasteiger partial charge is 0.440 e. The van der Waals surface area contributed by atoms with Crippen molar-refractivity contribution >= 4 is 17.4 Å². The molecule has 0 aromatic carbocycles. The van der Waals surface area contributed by atoms with Gasteiger partial charge < -0.3 is 10.1 Å². The lowest BCUT2D eigenvalue weighted by atomic mass is 10.3. The van der Waals surface area contributed by atoms with Gasteiger partial charge in [-0.25, -0.2) is 4.79 Å². The van der Waals surface area contributed by atoms with Gasteiger partial charge >= 0.3 is 12.3 Å². The predicted octanol–water partition coefficient (Wildman–Crippen LogP) is 2.85. The number of hydrogen-bond acceptors (Lipinski definition) is 3. The van der Waals surface area contributed by atoms with Crippen LogP contribution in [-0.2, 0) is 11.3 Å². The molecule has 1 aromatic rings.